The van der Waals surface area contributed by atoms with Crippen LogP contribution in [0, 0.1) is 5.41 Å². The molecule has 0 aliphatic carbocycles. The van der Waals surface area contributed by atoms with Crippen molar-refractivity contribution in [3.8, 4) is 5.75 Å². The lowest BCUT2D eigenvalue weighted by molar-refractivity contribution is -0.141. The minimum absolute atomic E-state index is 0.113. The van der Waals surface area contributed by atoms with Gasteiger partial charge in [0.1, 0.15) is 11.8 Å². The van der Waals surface area contributed by atoms with Crippen molar-refractivity contribution in [1.29, 1.82) is 0 Å². The van der Waals surface area contributed by atoms with Crippen LogP contribution in [0.1, 0.15) is 24.8 Å². The van der Waals surface area contributed by atoms with E-state index in [1.54, 1.807) is 6.07 Å². The minimum Gasteiger partial charge on any atom is -0.506 e. The number of rotatable bonds is 3. The summed E-state index contributed by atoms with van der Waals surface area (Å²) in [5.41, 5.74) is 1.25. The molecule has 23 heavy (non-hydrogen) atoms. The van der Waals surface area contributed by atoms with Crippen molar-refractivity contribution in [1.82, 2.24) is 9.80 Å². The number of aromatic hydroxyl groups is 1. The number of hydrogen-bond donors (Lipinski definition) is 2. The quantitative estimate of drug-likeness (QED) is 0.886. The molecule has 2 N–H and O–H groups in total. The Labute approximate surface area is 141 Å². The molecular weight excluding hydrogens is 316 g/mol. The Morgan fingerprint density at radius 2 is 2.09 bits per heavy atom. The summed E-state index contributed by atoms with van der Waals surface area (Å²) in [4.78, 5) is 15.7. The average molecular weight is 339 g/mol. The number of likely N-dealkylation sites (N-methyl/N-ethyl adjacent to an activating group) is 1. The fraction of sp³-hybridized carbons (Fsp3) is 0.588. The number of likely N-dealkylation sites (tertiary alicyclic amines) is 2. The topological polar surface area (TPSA) is 64.0 Å². The van der Waals surface area contributed by atoms with Gasteiger partial charge in [0.15, 0.2) is 0 Å². The second-order valence-corrected chi connectivity index (χ2v) is 7.44. The molecule has 1 spiro atoms. The minimum atomic E-state index is -0.703. The van der Waals surface area contributed by atoms with Gasteiger partial charge in [0.05, 0.1) is 5.02 Å². The number of phenols is 1. The van der Waals surface area contributed by atoms with Gasteiger partial charge >= 0.3 is 5.97 Å². The van der Waals surface area contributed by atoms with E-state index in [9.17, 15) is 15.0 Å². The number of carboxylic acids is 1. The molecule has 2 aliphatic rings. The van der Waals surface area contributed by atoms with Gasteiger partial charge in [-0.05, 0) is 62.5 Å². The van der Waals surface area contributed by atoms with E-state index < -0.39 is 5.97 Å². The lowest BCUT2D eigenvalue weighted by atomic mass is 9.76. The molecule has 0 saturated carbocycles. The van der Waals surface area contributed by atoms with Gasteiger partial charge in [-0.25, -0.2) is 0 Å². The maximum atomic E-state index is 11.3. The fourth-order valence-corrected chi connectivity index (χ4v) is 4.20. The summed E-state index contributed by atoms with van der Waals surface area (Å²) in [5, 5.41) is 19.2. The molecular formula is C17H23ClN2O3. The third kappa shape index (κ3) is 3.47. The third-order valence-electron chi connectivity index (χ3n) is 5.36. The first kappa shape index (κ1) is 16.6. The normalized spacial score (nSPS) is 25.0. The first-order chi connectivity index (χ1) is 10.9. The van der Waals surface area contributed by atoms with E-state index in [1.807, 2.05) is 24.1 Å². The molecule has 2 aliphatic heterocycles. The number of halogens is 1. The average Bonchev–Trinajstić information content (AvgIpc) is 2.83. The number of nitrogens with zero attached hydrogens (tertiary/aromatic N) is 2. The van der Waals surface area contributed by atoms with Crippen LogP contribution in [0.5, 0.6) is 5.75 Å². The molecule has 1 aromatic rings. The first-order valence-corrected chi connectivity index (χ1v) is 8.39. The van der Waals surface area contributed by atoms with Gasteiger partial charge in [0, 0.05) is 13.1 Å². The van der Waals surface area contributed by atoms with Crippen LogP contribution in [0.2, 0.25) is 5.02 Å². The van der Waals surface area contributed by atoms with Crippen molar-refractivity contribution in [2.45, 2.75) is 31.8 Å². The first-order valence-electron chi connectivity index (χ1n) is 8.01. The van der Waals surface area contributed by atoms with Crippen LogP contribution in [0.4, 0.5) is 0 Å². The Morgan fingerprint density at radius 3 is 2.65 bits per heavy atom. The maximum absolute atomic E-state index is 11.3. The van der Waals surface area contributed by atoms with Crippen LogP contribution in [-0.4, -0.2) is 58.7 Å². The van der Waals surface area contributed by atoms with Gasteiger partial charge in [0.2, 0.25) is 0 Å². The lowest BCUT2D eigenvalue weighted by Crippen LogP contribution is -2.40. The zero-order chi connectivity index (χ0) is 16.6. The Balaban J connectivity index is 1.58. The van der Waals surface area contributed by atoms with Gasteiger partial charge < -0.3 is 10.2 Å². The van der Waals surface area contributed by atoms with Crippen LogP contribution in [0.3, 0.4) is 0 Å². The molecule has 1 aromatic carbocycles. The van der Waals surface area contributed by atoms with Crippen molar-refractivity contribution >= 4 is 17.6 Å². The molecule has 2 fully saturated rings. The van der Waals surface area contributed by atoms with Gasteiger partial charge in [-0.15, -0.1) is 0 Å². The van der Waals surface area contributed by atoms with Gasteiger partial charge in [-0.1, -0.05) is 17.7 Å². The number of carboxylic acid groups (broad SMARTS) is 1. The van der Waals surface area contributed by atoms with Crippen molar-refractivity contribution in [2.24, 2.45) is 5.41 Å². The van der Waals surface area contributed by atoms with Crippen LogP contribution in [-0.2, 0) is 11.3 Å². The largest absolute Gasteiger partial charge is 0.506 e. The molecule has 6 heteroatoms. The standard InChI is InChI=1S/C17H23ClN2O3/c1-19-11-17(9-14(19)16(22)23)4-6-20(7-5-17)10-12-2-3-15(21)13(18)8-12/h2-3,8,14,21H,4-7,9-11H2,1H3,(H,22,23)/t14-/m1/s1. The number of carbonyl (C=O) groups is 1. The van der Waals surface area contributed by atoms with Gasteiger partial charge in [-0.2, -0.15) is 0 Å². The SMILES string of the molecule is CN1CC2(CCN(Cc3ccc(O)c(Cl)c3)CC2)C[C@@H]1C(=O)O. The Kier molecular flexibility index (Phi) is 4.54. The molecule has 0 amide bonds. The highest BCUT2D eigenvalue weighted by Crippen LogP contribution is 2.43. The zero-order valence-electron chi connectivity index (χ0n) is 13.3. The third-order valence-corrected chi connectivity index (χ3v) is 5.67. The molecule has 3 rings (SSSR count). The number of phenolic OH excluding ortho intramolecular Hbond substituents is 1. The monoisotopic (exact) mass is 338 g/mol. The fourth-order valence-electron chi connectivity index (χ4n) is 4.00. The van der Waals surface area contributed by atoms with E-state index in [4.69, 9.17) is 11.6 Å². The predicted molar refractivity (Wildman–Crippen MR) is 88.7 cm³/mol. The second kappa shape index (κ2) is 6.30. The molecule has 0 bridgehead atoms. The Morgan fingerprint density at radius 1 is 1.39 bits per heavy atom. The van der Waals surface area contributed by atoms with E-state index in [0.29, 0.717) is 5.02 Å². The molecule has 0 unspecified atom stereocenters. The van der Waals surface area contributed by atoms with Crippen LogP contribution >= 0.6 is 11.6 Å². The van der Waals surface area contributed by atoms with E-state index in [0.717, 1.165) is 51.0 Å². The number of aliphatic carboxylic acids is 1. The predicted octanol–water partition coefficient (Wildman–Crippen LogP) is 2.42. The summed E-state index contributed by atoms with van der Waals surface area (Å²) in [6.07, 6.45) is 2.83. The molecule has 0 aromatic heterocycles. The summed E-state index contributed by atoms with van der Waals surface area (Å²) in [6, 6.07) is 5.00. The highest BCUT2D eigenvalue weighted by atomic mass is 35.5. The highest BCUT2D eigenvalue weighted by Gasteiger charge is 2.46. The van der Waals surface area contributed by atoms with Gasteiger partial charge in [0.25, 0.3) is 0 Å². The molecule has 0 radical (unpaired) electrons. The molecule has 2 heterocycles. The summed E-state index contributed by atoms with van der Waals surface area (Å²) in [7, 11) is 1.92. The second-order valence-electron chi connectivity index (χ2n) is 7.04. The number of hydrogen-bond acceptors (Lipinski definition) is 4. The molecule has 126 valence electrons. The lowest BCUT2D eigenvalue weighted by Gasteiger charge is -2.39. The van der Waals surface area contributed by atoms with Gasteiger partial charge in [-0.3, -0.25) is 14.6 Å². The smallest absolute Gasteiger partial charge is 0.320 e. The summed E-state index contributed by atoms with van der Waals surface area (Å²) >= 11 is 5.96. The summed E-state index contributed by atoms with van der Waals surface area (Å²) in [5.74, 6) is -0.591. The van der Waals surface area contributed by atoms with Crippen molar-refractivity contribution in [3.05, 3.63) is 28.8 Å². The van der Waals surface area contributed by atoms with E-state index in [-0.39, 0.29) is 17.2 Å². The summed E-state index contributed by atoms with van der Waals surface area (Å²) < 4.78 is 0. The molecule has 2 saturated heterocycles. The number of piperidine rings is 1. The molecule has 1 atom stereocenters. The van der Waals surface area contributed by atoms with Crippen molar-refractivity contribution in [3.63, 3.8) is 0 Å². The Hall–Kier alpha value is -1.30. The van der Waals surface area contributed by atoms with E-state index in [2.05, 4.69) is 4.90 Å². The molecule has 5 nitrogen and oxygen atoms in total. The zero-order valence-corrected chi connectivity index (χ0v) is 14.1. The van der Waals surface area contributed by atoms with Crippen LogP contribution in [0.15, 0.2) is 18.2 Å². The maximum Gasteiger partial charge on any atom is 0.320 e. The summed E-state index contributed by atoms with van der Waals surface area (Å²) in [6.45, 7) is 3.63. The van der Waals surface area contributed by atoms with Crippen molar-refractivity contribution in [2.75, 3.05) is 26.7 Å². The van der Waals surface area contributed by atoms with E-state index >= 15 is 0 Å². The highest BCUT2D eigenvalue weighted by molar-refractivity contribution is 6.32. The van der Waals surface area contributed by atoms with Crippen molar-refractivity contribution < 1.29 is 15.0 Å². The number of benzene rings is 1. The van der Waals surface area contributed by atoms with E-state index in [1.165, 1.54) is 0 Å². The van der Waals surface area contributed by atoms with Crippen LogP contribution < -0.4 is 0 Å². The van der Waals surface area contributed by atoms with Crippen LogP contribution in [0.25, 0.3) is 0 Å². The Bertz CT molecular complexity index is 600.